The van der Waals surface area contributed by atoms with Crippen LogP contribution in [0, 0.1) is 13.8 Å². The minimum atomic E-state index is -3.89. The van der Waals surface area contributed by atoms with E-state index in [9.17, 15) is 8.42 Å². The van der Waals surface area contributed by atoms with E-state index in [0.717, 1.165) is 23.2 Å². The molecule has 10 nitrogen and oxygen atoms in total. The summed E-state index contributed by atoms with van der Waals surface area (Å²) < 4.78 is 27.9. The molecule has 0 radical (unpaired) electrons. The van der Waals surface area contributed by atoms with Crippen molar-refractivity contribution in [3.8, 4) is 11.4 Å². The van der Waals surface area contributed by atoms with Crippen molar-refractivity contribution in [1.82, 2.24) is 30.0 Å². The van der Waals surface area contributed by atoms with E-state index in [1.807, 2.05) is 21.0 Å². The lowest BCUT2D eigenvalue weighted by Crippen LogP contribution is -2.21. The number of nitrogens with zero attached hydrogens (tertiary/aromatic N) is 5. The van der Waals surface area contributed by atoms with Crippen molar-refractivity contribution in [3.05, 3.63) is 52.8 Å². The molecule has 34 heavy (non-hydrogen) atoms. The van der Waals surface area contributed by atoms with Crippen LogP contribution in [0.25, 0.3) is 22.4 Å². The van der Waals surface area contributed by atoms with E-state index < -0.39 is 10.0 Å². The first-order chi connectivity index (χ1) is 16.1. The summed E-state index contributed by atoms with van der Waals surface area (Å²) in [5.41, 5.74) is 3.04. The number of H-pyrrole nitrogens is 1. The van der Waals surface area contributed by atoms with Gasteiger partial charge in [0.2, 0.25) is 0 Å². The molecule has 0 fully saturated rings. The highest BCUT2D eigenvalue weighted by molar-refractivity contribution is 7.92. The van der Waals surface area contributed by atoms with Crippen molar-refractivity contribution in [2.24, 2.45) is 0 Å². The predicted octanol–water partition coefficient (Wildman–Crippen LogP) is 3.46. The van der Waals surface area contributed by atoms with Gasteiger partial charge in [0, 0.05) is 24.8 Å². The van der Waals surface area contributed by atoms with Crippen molar-refractivity contribution in [1.29, 1.82) is 0 Å². The fraction of sp³-hybridized carbons (Fsp3) is 0.273. The third-order valence-electron chi connectivity index (χ3n) is 5.09. The number of anilines is 2. The fourth-order valence-electron chi connectivity index (χ4n) is 3.32. The van der Waals surface area contributed by atoms with Crippen LogP contribution in [0.5, 0.6) is 0 Å². The van der Waals surface area contributed by atoms with Gasteiger partial charge in [-0.3, -0.25) is 9.82 Å². The second-order valence-corrected chi connectivity index (χ2v) is 10.2. The normalized spacial score (nSPS) is 11.8. The number of nitrogens with one attached hydrogen (secondary N) is 3. The molecule has 4 aromatic rings. The predicted molar refractivity (Wildman–Crippen MR) is 134 cm³/mol. The monoisotopic (exact) mass is 500 g/mol. The van der Waals surface area contributed by atoms with Crippen LogP contribution in [0.1, 0.15) is 11.3 Å². The fourth-order valence-corrected chi connectivity index (χ4v) is 4.72. The highest BCUT2D eigenvalue weighted by atomic mass is 35.5. The zero-order valence-corrected chi connectivity index (χ0v) is 20.8. The maximum atomic E-state index is 12.7. The smallest absolute Gasteiger partial charge is 0.279 e. The van der Waals surface area contributed by atoms with Gasteiger partial charge in [0.05, 0.1) is 21.8 Å². The van der Waals surface area contributed by atoms with Crippen LogP contribution < -0.4 is 10.0 Å². The Hall–Kier alpha value is -3.28. The molecule has 0 atom stereocenters. The zero-order chi connectivity index (χ0) is 24.5. The summed E-state index contributed by atoms with van der Waals surface area (Å²) in [5.74, 6) is 1.10. The van der Waals surface area contributed by atoms with Gasteiger partial charge in [0.25, 0.3) is 10.0 Å². The van der Waals surface area contributed by atoms with Crippen LogP contribution in [0.2, 0.25) is 5.02 Å². The van der Waals surface area contributed by atoms with E-state index in [1.165, 1.54) is 12.3 Å². The molecule has 0 saturated heterocycles. The quantitative estimate of drug-likeness (QED) is 0.335. The van der Waals surface area contributed by atoms with Gasteiger partial charge in [-0.2, -0.15) is 13.5 Å². The van der Waals surface area contributed by atoms with Crippen molar-refractivity contribution in [2.75, 3.05) is 37.2 Å². The molecule has 0 aliphatic rings. The van der Waals surface area contributed by atoms with Crippen molar-refractivity contribution in [2.45, 2.75) is 18.9 Å². The number of pyridine rings is 1. The summed E-state index contributed by atoms with van der Waals surface area (Å²) in [5, 5.41) is 11.5. The molecule has 0 saturated carbocycles. The van der Waals surface area contributed by atoms with Crippen molar-refractivity contribution < 1.29 is 8.42 Å². The number of aromatic nitrogens is 5. The Balaban J connectivity index is 1.65. The highest BCUT2D eigenvalue weighted by Crippen LogP contribution is 2.31. The largest absolute Gasteiger partial charge is 0.368 e. The van der Waals surface area contributed by atoms with Crippen LogP contribution in [0.3, 0.4) is 0 Å². The van der Waals surface area contributed by atoms with Crippen LogP contribution >= 0.6 is 11.6 Å². The third kappa shape index (κ3) is 5.11. The molecule has 12 heteroatoms. The average molecular weight is 501 g/mol. The van der Waals surface area contributed by atoms with E-state index in [2.05, 4.69) is 35.1 Å². The van der Waals surface area contributed by atoms with Crippen molar-refractivity contribution in [3.63, 3.8) is 0 Å². The SMILES string of the molecule is Cc1ccnc(S(=O)(=O)Nc2ccc(-c3nc(NCCN(C)C)c4c(C)n[nH]c4n3)cc2Cl)c1. The second kappa shape index (κ2) is 9.53. The number of likely N-dealkylation sites (N-methyl/N-ethyl adjacent to an activating group) is 1. The maximum absolute atomic E-state index is 12.7. The van der Waals surface area contributed by atoms with Gasteiger partial charge in [0.1, 0.15) is 5.82 Å². The lowest BCUT2D eigenvalue weighted by atomic mass is 10.2. The zero-order valence-electron chi connectivity index (χ0n) is 19.2. The number of aryl methyl sites for hydroxylation is 2. The molecule has 0 spiro atoms. The number of hydrogen-bond acceptors (Lipinski definition) is 8. The number of hydrogen-bond donors (Lipinski definition) is 3. The van der Waals surface area contributed by atoms with E-state index in [-0.39, 0.29) is 15.7 Å². The topological polar surface area (TPSA) is 129 Å². The first-order valence-corrected chi connectivity index (χ1v) is 12.4. The highest BCUT2D eigenvalue weighted by Gasteiger charge is 2.19. The average Bonchev–Trinajstić information content (AvgIpc) is 3.15. The Morgan fingerprint density at radius 1 is 1.12 bits per heavy atom. The van der Waals surface area contributed by atoms with Crippen LogP contribution in [0.4, 0.5) is 11.5 Å². The third-order valence-corrected chi connectivity index (χ3v) is 6.66. The Bertz CT molecular complexity index is 1450. The van der Waals surface area contributed by atoms with E-state index in [4.69, 9.17) is 16.6 Å². The van der Waals surface area contributed by atoms with E-state index in [1.54, 1.807) is 31.2 Å². The van der Waals surface area contributed by atoms with Gasteiger partial charge in [-0.25, -0.2) is 15.0 Å². The van der Waals surface area contributed by atoms with Crippen LogP contribution in [0.15, 0.2) is 41.6 Å². The standard InChI is InChI=1S/C22H25ClN8O2S/c1-13-7-8-24-18(11-13)34(32,33)30-17-6-5-15(12-16(17)23)20-26-21(25-9-10-31(3)4)19-14(2)28-29-22(19)27-20/h5-8,11-12,30H,9-10H2,1-4H3,(H2,25,26,27,28,29). The number of fused-ring (bicyclic) bond motifs is 1. The molecule has 3 aromatic heterocycles. The summed E-state index contributed by atoms with van der Waals surface area (Å²) in [6.45, 7) is 5.20. The molecule has 178 valence electrons. The number of benzene rings is 1. The Kier molecular flexibility index (Phi) is 6.69. The molecule has 3 heterocycles. The van der Waals surface area contributed by atoms with Gasteiger partial charge in [-0.05, 0) is 63.8 Å². The van der Waals surface area contributed by atoms with Crippen LogP contribution in [-0.2, 0) is 10.0 Å². The Labute approximate surface area is 202 Å². The molecule has 0 amide bonds. The lowest BCUT2D eigenvalue weighted by Gasteiger charge is -2.13. The van der Waals surface area contributed by atoms with E-state index >= 15 is 0 Å². The minimum absolute atomic E-state index is 0.0792. The Morgan fingerprint density at radius 3 is 2.62 bits per heavy atom. The van der Waals surface area contributed by atoms with Gasteiger partial charge < -0.3 is 10.2 Å². The molecule has 0 bridgehead atoms. The molecular weight excluding hydrogens is 476 g/mol. The number of aromatic amines is 1. The molecular formula is C22H25ClN8O2S. The summed E-state index contributed by atoms with van der Waals surface area (Å²) in [7, 11) is 0.107. The van der Waals surface area contributed by atoms with Crippen LogP contribution in [-0.4, -0.2) is 65.7 Å². The summed E-state index contributed by atoms with van der Waals surface area (Å²) in [4.78, 5) is 15.3. The first kappa shape index (κ1) is 23.9. The molecule has 0 aliphatic carbocycles. The van der Waals surface area contributed by atoms with E-state index in [0.29, 0.717) is 29.4 Å². The lowest BCUT2D eigenvalue weighted by molar-refractivity contribution is 0.425. The summed E-state index contributed by atoms with van der Waals surface area (Å²) in [6.07, 6.45) is 1.45. The first-order valence-electron chi connectivity index (χ1n) is 10.5. The molecule has 0 unspecified atom stereocenters. The summed E-state index contributed by atoms with van der Waals surface area (Å²) >= 11 is 6.44. The van der Waals surface area contributed by atoms with Crippen molar-refractivity contribution >= 4 is 44.2 Å². The second-order valence-electron chi connectivity index (χ2n) is 8.13. The van der Waals surface area contributed by atoms with Gasteiger partial charge >= 0.3 is 0 Å². The van der Waals surface area contributed by atoms with Gasteiger partial charge in [-0.15, -0.1) is 0 Å². The molecule has 4 rings (SSSR count). The van der Waals surface area contributed by atoms with Gasteiger partial charge in [-0.1, -0.05) is 11.6 Å². The Morgan fingerprint density at radius 2 is 1.91 bits per heavy atom. The molecule has 1 aromatic carbocycles. The maximum Gasteiger partial charge on any atom is 0.279 e. The van der Waals surface area contributed by atoms with Gasteiger partial charge in [0.15, 0.2) is 16.5 Å². The number of halogens is 1. The summed E-state index contributed by atoms with van der Waals surface area (Å²) in [6, 6.07) is 8.13. The minimum Gasteiger partial charge on any atom is -0.368 e. The molecule has 0 aliphatic heterocycles. The number of sulfonamides is 1. The molecule has 3 N–H and O–H groups in total. The number of rotatable bonds is 8.